The second-order valence-corrected chi connectivity index (χ2v) is 3.27. The molecule has 0 amide bonds. The molecule has 0 saturated carbocycles. The van der Waals surface area contributed by atoms with E-state index in [2.05, 4.69) is 12.2 Å². The summed E-state index contributed by atoms with van der Waals surface area (Å²) in [6.07, 6.45) is 7.04. The average Bonchev–Trinajstić information content (AvgIpc) is 2.39. The molecular weight excluding hydrogens is 138 g/mol. The zero-order valence-electron chi connectivity index (χ0n) is 6.92. The fraction of sp³-hybridized carbons (Fsp3) is 0.667. The van der Waals surface area contributed by atoms with Gasteiger partial charge in [0.05, 0.1) is 6.04 Å². The Labute approximate surface area is 67.5 Å². The van der Waals surface area contributed by atoms with Gasteiger partial charge >= 0.3 is 0 Å². The molecule has 0 fully saturated rings. The van der Waals surface area contributed by atoms with Gasteiger partial charge in [-0.1, -0.05) is 12.2 Å². The first-order valence-electron chi connectivity index (χ1n) is 4.13. The van der Waals surface area contributed by atoms with Crippen molar-refractivity contribution in [3.8, 4) is 0 Å². The van der Waals surface area contributed by atoms with E-state index in [4.69, 9.17) is 5.73 Å². The third kappa shape index (κ3) is 2.46. The monoisotopic (exact) mass is 153 g/mol. The van der Waals surface area contributed by atoms with Gasteiger partial charge in [0.15, 0.2) is 0 Å². The Bertz CT molecular complexity index is 164. The number of Topliss-reactive ketones (excluding diaryl/α,β-unsaturated/α-hetero) is 1. The molecule has 0 aromatic rings. The normalized spacial score (nSPS) is 20.5. The van der Waals surface area contributed by atoms with Gasteiger partial charge in [0.25, 0.3) is 0 Å². The van der Waals surface area contributed by atoms with Crippen molar-refractivity contribution in [2.75, 3.05) is 0 Å². The SMILES string of the molecule is CC(N)C(=O)CC1CC=CC1. The van der Waals surface area contributed by atoms with Gasteiger partial charge in [-0.25, -0.2) is 0 Å². The van der Waals surface area contributed by atoms with Crippen LogP contribution >= 0.6 is 0 Å². The van der Waals surface area contributed by atoms with E-state index in [9.17, 15) is 4.79 Å². The third-order valence-electron chi connectivity index (χ3n) is 2.10. The van der Waals surface area contributed by atoms with Crippen LogP contribution in [0.25, 0.3) is 0 Å². The number of hydrogen-bond acceptors (Lipinski definition) is 2. The van der Waals surface area contributed by atoms with Crippen LogP contribution in [0.15, 0.2) is 12.2 Å². The Morgan fingerprint density at radius 1 is 1.64 bits per heavy atom. The predicted octanol–water partition coefficient (Wildman–Crippen LogP) is 1.26. The highest BCUT2D eigenvalue weighted by molar-refractivity contribution is 5.83. The Hall–Kier alpha value is -0.630. The minimum absolute atomic E-state index is 0.193. The summed E-state index contributed by atoms with van der Waals surface area (Å²) < 4.78 is 0. The van der Waals surface area contributed by atoms with E-state index in [0.717, 1.165) is 12.8 Å². The van der Waals surface area contributed by atoms with Crippen molar-refractivity contribution in [3.05, 3.63) is 12.2 Å². The fourth-order valence-corrected chi connectivity index (χ4v) is 1.31. The average molecular weight is 153 g/mol. The number of allylic oxidation sites excluding steroid dienone is 2. The van der Waals surface area contributed by atoms with Crippen molar-refractivity contribution in [1.82, 2.24) is 0 Å². The first kappa shape index (κ1) is 8.47. The molecule has 62 valence electrons. The van der Waals surface area contributed by atoms with Crippen molar-refractivity contribution in [2.24, 2.45) is 11.7 Å². The first-order chi connectivity index (χ1) is 5.20. The van der Waals surface area contributed by atoms with Crippen LogP contribution in [0.4, 0.5) is 0 Å². The minimum Gasteiger partial charge on any atom is -0.322 e. The largest absolute Gasteiger partial charge is 0.322 e. The van der Waals surface area contributed by atoms with Crippen LogP contribution in [0.2, 0.25) is 0 Å². The molecule has 0 aromatic heterocycles. The molecule has 0 spiro atoms. The molecular formula is C9H15NO. The first-order valence-corrected chi connectivity index (χ1v) is 4.13. The topological polar surface area (TPSA) is 43.1 Å². The summed E-state index contributed by atoms with van der Waals surface area (Å²) in [7, 11) is 0. The molecule has 11 heavy (non-hydrogen) atoms. The molecule has 0 heterocycles. The van der Waals surface area contributed by atoms with E-state index in [1.165, 1.54) is 0 Å². The van der Waals surface area contributed by atoms with Gasteiger partial charge < -0.3 is 5.73 Å². The Morgan fingerprint density at radius 2 is 2.18 bits per heavy atom. The van der Waals surface area contributed by atoms with Gasteiger partial charge in [0.1, 0.15) is 5.78 Å². The van der Waals surface area contributed by atoms with Crippen LogP contribution in [0.1, 0.15) is 26.2 Å². The van der Waals surface area contributed by atoms with E-state index in [0.29, 0.717) is 12.3 Å². The van der Waals surface area contributed by atoms with E-state index in [1.807, 2.05) is 0 Å². The summed E-state index contributed by atoms with van der Waals surface area (Å²) in [5, 5.41) is 0. The summed E-state index contributed by atoms with van der Waals surface area (Å²) in [4.78, 5) is 11.1. The molecule has 1 aliphatic carbocycles. The summed E-state index contributed by atoms with van der Waals surface area (Å²) in [6.45, 7) is 1.75. The molecule has 1 rings (SSSR count). The van der Waals surface area contributed by atoms with Gasteiger partial charge in [-0.05, 0) is 25.7 Å². The van der Waals surface area contributed by atoms with Crippen molar-refractivity contribution < 1.29 is 4.79 Å². The van der Waals surface area contributed by atoms with Crippen LogP contribution in [0.5, 0.6) is 0 Å². The lowest BCUT2D eigenvalue weighted by atomic mass is 9.98. The van der Waals surface area contributed by atoms with Crippen molar-refractivity contribution in [1.29, 1.82) is 0 Å². The lowest BCUT2D eigenvalue weighted by Gasteiger charge is -2.09. The van der Waals surface area contributed by atoms with Crippen molar-refractivity contribution in [3.63, 3.8) is 0 Å². The third-order valence-corrected chi connectivity index (χ3v) is 2.10. The molecule has 0 aromatic carbocycles. The lowest BCUT2D eigenvalue weighted by molar-refractivity contribution is -0.120. The summed E-state index contributed by atoms with van der Waals surface area (Å²) in [6, 6.07) is -0.282. The van der Waals surface area contributed by atoms with E-state index < -0.39 is 0 Å². The fourth-order valence-electron chi connectivity index (χ4n) is 1.31. The standard InChI is InChI=1S/C9H15NO/c1-7(10)9(11)6-8-4-2-3-5-8/h2-3,7-8H,4-6,10H2,1H3. The van der Waals surface area contributed by atoms with Gasteiger partial charge in [-0.3, -0.25) is 4.79 Å². The van der Waals surface area contributed by atoms with E-state index in [-0.39, 0.29) is 11.8 Å². The maximum Gasteiger partial charge on any atom is 0.149 e. The Kier molecular flexibility index (Phi) is 2.83. The van der Waals surface area contributed by atoms with E-state index >= 15 is 0 Å². The van der Waals surface area contributed by atoms with Crippen LogP contribution in [-0.4, -0.2) is 11.8 Å². The molecule has 2 heteroatoms. The van der Waals surface area contributed by atoms with Gasteiger partial charge in [0, 0.05) is 6.42 Å². The van der Waals surface area contributed by atoms with E-state index in [1.54, 1.807) is 6.92 Å². The van der Waals surface area contributed by atoms with Gasteiger partial charge in [-0.2, -0.15) is 0 Å². The number of rotatable bonds is 3. The molecule has 2 nitrogen and oxygen atoms in total. The zero-order chi connectivity index (χ0) is 8.27. The van der Waals surface area contributed by atoms with Crippen LogP contribution < -0.4 is 5.73 Å². The number of carbonyl (C=O) groups excluding carboxylic acids is 1. The number of carbonyl (C=O) groups is 1. The van der Waals surface area contributed by atoms with Crippen molar-refractivity contribution in [2.45, 2.75) is 32.2 Å². The Balaban J connectivity index is 2.25. The van der Waals surface area contributed by atoms with Crippen molar-refractivity contribution >= 4 is 5.78 Å². The van der Waals surface area contributed by atoms with Crippen LogP contribution in [-0.2, 0) is 4.79 Å². The molecule has 1 aliphatic rings. The second-order valence-electron chi connectivity index (χ2n) is 3.27. The molecule has 1 atom stereocenters. The maximum absolute atomic E-state index is 11.1. The molecule has 2 N–H and O–H groups in total. The summed E-state index contributed by atoms with van der Waals surface area (Å²) in [5.74, 6) is 0.729. The Morgan fingerprint density at radius 3 is 2.64 bits per heavy atom. The molecule has 0 radical (unpaired) electrons. The lowest BCUT2D eigenvalue weighted by Crippen LogP contribution is -2.27. The highest BCUT2D eigenvalue weighted by atomic mass is 16.1. The smallest absolute Gasteiger partial charge is 0.149 e. The number of nitrogens with two attached hydrogens (primary N) is 1. The summed E-state index contributed by atoms with van der Waals surface area (Å²) >= 11 is 0. The molecule has 1 unspecified atom stereocenters. The number of ketones is 1. The quantitative estimate of drug-likeness (QED) is 0.620. The highest BCUT2D eigenvalue weighted by Gasteiger charge is 2.16. The number of hydrogen-bond donors (Lipinski definition) is 1. The van der Waals surface area contributed by atoms with Crippen LogP contribution in [0.3, 0.4) is 0 Å². The molecule has 0 bridgehead atoms. The minimum atomic E-state index is -0.282. The summed E-state index contributed by atoms with van der Waals surface area (Å²) in [5.41, 5.74) is 5.44. The maximum atomic E-state index is 11.1. The predicted molar refractivity (Wildman–Crippen MR) is 45.1 cm³/mol. The van der Waals surface area contributed by atoms with Crippen LogP contribution in [0, 0.1) is 5.92 Å². The zero-order valence-corrected chi connectivity index (χ0v) is 6.92. The van der Waals surface area contributed by atoms with Gasteiger partial charge in [-0.15, -0.1) is 0 Å². The van der Waals surface area contributed by atoms with Gasteiger partial charge in [0.2, 0.25) is 0 Å². The highest BCUT2D eigenvalue weighted by Crippen LogP contribution is 2.21. The molecule has 0 aliphatic heterocycles. The molecule has 0 saturated heterocycles. The second kappa shape index (κ2) is 3.67.